The lowest BCUT2D eigenvalue weighted by Gasteiger charge is -2.13. The summed E-state index contributed by atoms with van der Waals surface area (Å²) < 4.78 is 13.8. The normalized spacial score (nSPS) is 23.4. The highest BCUT2D eigenvalue weighted by atomic mass is 19.1. The van der Waals surface area contributed by atoms with Crippen LogP contribution in [0.5, 0.6) is 0 Å². The maximum Gasteiger partial charge on any atom is 0.223 e. The van der Waals surface area contributed by atoms with Gasteiger partial charge in [-0.25, -0.2) is 4.39 Å². The molecule has 2 aliphatic rings. The van der Waals surface area contributed by atoms with Gasteiger partial charge in [-0.3, -0.25) is 4.79 Å². The lowest BCUT2D eigenvalue weighted by Crippen LogP contribution is -2.24. The molecule has 1 aliphatic carbocycles. The van der Waals surface area contributed by atoms with Crippen molar-refractivity contribution in [2.75, 3.05) is 7.05 Å². The molecule has 98 valence electrons. The molecule has 0 saturated heterocycles. The molecule has 0 bridgehead atoms. The third kappa shape index (κ3) is 2.78. The van der Waals surface area contributed by atoms with Gasteiger partial charge in [-0.1, -0.05) is 10.7 Å². The quantitative estimate of drug-likeness (QED) is 0.837. The second-order valence-electron chi connectivity index (χ2n) is 4.66. The third-order valence-electron chi connectivity index (χ3n) is 3.20. The number of amides is 1. The van der Waals surface area contributed by atoms with Crippen LogP contribution < -0.4 is 5.32 Å². The van der Waals surface area contributed by atoms with Crippen LogP contribution in [0.25, 0.3) is 0 Å². The van der Waals surface area contributed by atoms with Crippen LogP contribution in [-0.4, -0.2) is 24.8 Å². The number of halogens is 1. The minimum atomic E-state index is -0.271. The standard InChI is InChI=1S/C13H17FN2O2/c1-8-3-4-10(11(14)5-8)12-6-9(18-16-12)7-13(17)15-2/h5,9H,3-4,6-7H2,1-2H3,(H,15,17). The van der Waals surface area contributed by atoms with Gasteiger partial charge in [-0.05, 0) is 25.8 Å². The Labute approximate surface area is 106 Å². The molecule has 2 rings (SSSR count). The molecule has 0 spiro atoms. The Morgan fingerprint density at radius 3 is 3.06 bits per heavy atom. The molecule has 5 heteroatoms. The summed E-state index contributed by atoms with van der Waals surface area (Å²) >= 11 is 0. The highest BCUT2D eigenvalue weighted by Crippen LogP contribution is 2.29. The number of carbonyl (C=O) groups is 1. The molecule has 1 heterocycles. The Bertz CT molecular complexity index is 452. The summed E-state index contributed by atoms with van der Waals surface area (Å²) in [6, 6.07) is 0. The largest absolute Gasteiger partial charge is 0.391 e. The average molecular weight is 252 g/mol. The summed E-state index contributed by atoms with van der Waals surface area (Å²) in [7, 11) is 1.58. The number of nitrogens with one attached hydrogen (secondary N) is 1. The molecule has 0 fully saturated rings. The van der Waals surface area contributed by atoms with E-state index < -0.39 is 0 Å². The molecule has 1 aliphatic heterocycles. The molecule has 1 unspecified atom stereocenters. The summed E-state index contributed by atoms with van der Waals surface area (Å²) in [5.74, 6) is -0.313. The Hall–Kier alpha value is -1.65. The summed E-state index contributed by atoms with van der Waals surface area (Å²) in [4.78, 5) is 16.4. The van der Waals surface area contributed by atoms with Gasteiger partial charge in [0, 0.05) is 19.0 Å². The van der Waals surface area contributed by atoms with Crippen molar-refractivity contribution in [3.05, 3.63) is 23.0 Å². The van der Waals surface area contributed by atoms with Crippen molar-refractivity contribution in [2.24, 2.45) is 5.16 Å². The van der Waals surface area contributed by atoms with E-state index in [1.165, 1.54) is 0 Å². The smallest absolute Gasteiger partial charge is 0.223 e. The summed E-state index contributed by atoms with van der Waals surface area (Å²) in [6.45, 7) is 1.91. The Balaban J connectivity index is 2.01. The number of allylic oxidation sites excluding steroid dienone is 4. The van der Waals surface area contributed by atoms with Gasteiger partial charge in [-0.15, -0.1) is 0 Å². The van der Waals surface area contributed by atoms with Crippen LogP contribution in [0.4, 0.5) is 4.39 Å². The van der Waals surface area contributed by atoms with E-state index >= 15 is 0 Å². The van der Waals surface area contributed by atoms with E-state index in [9.17, 15) is 9.18 Å². The van der Waals surface area contributed by atoms with Gasteiger partial charge in [-0.2, -0.15) is 0 Å². The molecule has 1 amide bonds. The van der Waals surface area contributed by atoms with Gasteiger partial charge in [0.15, 0.2) is 0 Å². The van der Waals surface area contributed by atoms with Gasteiger partial charge < -0.3 is 10.2 Å². The molecule has 0 saturated carbocycles. The van der Waals surface area contributed by atoms with Crippen molar-refractivity contribution in [3.8, 4) is 0 Å². The number of rotatable bonds is 3. The van der Waals surface area contributed by atoms with Gasteiger partial charge in [0.2, 0.25) is 5.91 Å². The van der Waals surface area contributed by atoms with Crippen LogP contribution in [0.1, 0.15) is 32.6 Å². The topological polar surface area (TPSA) is 50.7 Å². The predicted molar refractivity (Wildman–Crippen MR) is 66.7 cm³/mol. The predicted octanol–water partition coefficient (Wildman–Crippen LogP) is 2.23. The highest BCUT2D eigenvalue weighted by molar-refractivity contribution is 6.02. The van der Waals surface area contributed by atoms with Crippen molar-refractivity contribution in [3.63, 3.8) is 0 Å². The molecule has 0 aromatic heterocycles. The van der Waals surface area contributed by atoms with E-state index in [1.807, 2.05) is 6.92 Å². The van der Waals surface area contributed by atoms with Crippen molar-refractivity contribution >= 4 is 11.6 Å². The Morgan fingerprint density at radius 1 is 1.61 bits per heavy atom. The first-order chi connectivity index (χ1) is 8.60. The average Bonchev–Trinajstić information content (AvgIpc) is 2.77. The number of oxime groups is 1. The zero-order valence-corrected chi connectivity index (χ0v) is 10.6. The summed E-state index contributed by atoms with van der Waals surface area (Å²) in [5, 5.41) is 6.45. The summed E-state index contributed by atoms with van der Waals surface area (Å²) in [5.41, 5.74) is 2.31. The SMILES string of the molecule is CNC(=O)CC1CC(C2=C(F)C=C(C)CC2)=NO1. The zero-order valence-electron chi connectivity index (χ0n) is 10.6. The molecule has 18 heavy (non-hydrogen) atoms. The number of hydrogen-bond donors (Lipinski definition) is 1. The van der Waals surface area contributed by atoms with Crippen LogP contribution in [0.2, 0.25) is 0 Å². The molecule has 1 atom stereocenters. The van der Waals surface area contributed by atoms with Gasteiger partial charge >= 0.3 is 0 Å². The van der Waals surface area contributed by atoms with E-state index in [1.54, 1.807) is 13.1 Å². The number of hydrogen-bond acceptors (Lipinski definition) is 3. The minimum Gasteiger partial charge on any atom is -0.391 e. The molecule has 0 aromatic rings. The van der Waals surface area contributed by atoms with Crippen molar-refractivity contribution in [1.82, 2.24) is 5.32 Å². The lowest BCUT2D eigenvalue weighted by molar-refractivity contribution is -0.123. The van der Waals surface area contributed by atoms with Crippen LogP contribution in [0, 0.1) is 0 Å². The van der Waals surface area contributed by atoms with Gasteiger partial charge in [0.05, 0.1) is 12.1 Å². The van der Waals surface area contributed by atoms with E-state index in [2.05, 4.69) is 10.5 Å². The van der Waals surface area contributed by atoms with Crippen LogP contribution in [0.15, 0.2) is 28.2 Å². The maximum absolute atomic E-state index is 13.8. The van der Waals surface area contributed by atoms with Crippen LogP contribution in [-0.2, 0) is 9.63 Å². The minimum absolute atomic E-state index is 0.0923. The first-order valence-electron chi connectivity index (χ1n) is 6.09. The molecule has 4 nitrogen and oxygen atoms in total. The monoisotopic (exact) mass is 252 g/mol. The number of nitrogens with zero attached hydrogens (tertiary/aromatic N) is 1. The van der Waals surface area contributed by atoms with Gasteiger partial charge in [0.25, 0.3) is 0 Å². The lowest BCUT2D eigenvalue weighted by atomic mass is 9.92. The van der Waals surface area contributed by atoms with Crippen molar-refractivity contribution < 1.29 is 14.0 Å². The maximum atomic E-state index is 13.8. The van der Waals surface area contributed by atoms with Crippen LogP contribution in [0.3, 0.4) is 0 Å². The molecule has 0 aromatic carbocycles. The first kappa shape index (κ1) is 12.8. The van der Waals surface area contributed by atoms with Crippen molar-refractivity contribution in [1.29, 1.82) is 0 Å². The molecule has 1 N–H and O–H groups in total. The fraction of sp³-hybridized carbons (Fsp3) is 0.538. The fourth-order valence-electron chi connectivity index (χ4n) is 2.12. The van der Waals surface area contributed by atoms with Crippen molar-refractivity contribution in [2.45, 2.75) is 38.7 Å². The molecule has 0 radical (unpaired) electrons. The van der Waals surface area contributed by atoms with E-state index in [4.69, 9.17) is 4.84 Å². The molecular weight excluding hydrogens is 235 g/mol. The highest BCUT2D eigenvalue weighted by Gasteiger charge is 2.27. The molecular formula is C13H17FN2O2. The van der Waals surface area contributed by atoms with Gasteiger partial charge in [0.1, 0.15) is 11.9 Å². The fourth-order valence-corrected chi connectivity index (χ4v) is 2.12. The second-order valence-corrected chi connectivity index (χ2v) is 4.66. The zero-order chi connectivity index (χ0) is 13.1. The first-order valence-corrected chi connectivity index (χ1v) is 6.09. The summed E-state index contributed by atoms with van der Waals surface area (Å²) in [6.07, 6.45) is 3.54. The Kier molecular flexibility index (Phi) is 3.79. The van der Waals surface area contributed by atoms with Crippen LogP contribution >= 0.6 is 0 Å². The second kappa shape index (κ2) is 5.33. The van der Waals surface area contributed by atoms with E-state index in [0.717, 1.165) is 12.0 Å². The van der Waals surface area contributed by atoms with E-state index in [0.29, 0.717) is 24.1 Å². The Morgan fingerprint density at radius 2 is 2.39 bits per heavy atom. The third-order valence-corrected chi connectivity index (χ3v) is 3.20. The van der Waals surface area contributed by atoms with E-state index in [-0.39, 0.29) is 24.3 Å². The number of carbonyl (C=O) groups excluding carboxylic acids is 1.